The molecule has 2 atom stereocenters. The molecule has 164 valence electrons. The van der Waals surface area contributed by atoms with Crippen molar-refractivity contribution in [1.82, 2.24) is 4.98 Å². The Morgan fingerprint density at radius 3 is 2.40 bits per heavy atom. The number of hydrogen-bond acceptors (Lipinski definition) is 5. The Balaban J connectivity index is 2.09. The largest absolute Gasteiger partial charge is 0.493 e. The number of likely N-dealkylation sites (N-methyl/N-ethyl adjacent to an activating group) is 1. The number of aryl methyl sites for hydroxylation is 1. The van der Waals surface area contributed by atoms with E-state index in [9.17, 15) is 9.59 Å². The number of aromatic nitrogens is 1. The minimum atomic E-state index is -0.399. The van der Waals surface area contributed by atoms with Gasteiger partial charge in [-0.25, -0.2) is 4.79 Å². The van der Waals surface area contributed by atoms with E-state index in [4.69, 9.17) is 14.2 Å². The van der Waals surface area contributed by atoms with E-state index in [2.05, 4.69) is 4.98 Å². The lowest BCUT2D eigenvalue weighted by Crippen LogP contribution is -3.13. The van der Waals surface area contributed by atoms with Crippen molar-refractivity contribution < 1.29 is 28.7 Å². The number of ketones is 1. The van der Waals surface area contributed by atoms with E-state index in [0.29, 0.717) is 40.6 Å². The molecule has 7 nitrogen and oxygen atoms in total. The van der Waals surface area contributed by atoms with Crippen LogP contribution >= 0.6 is 0 Å². The lowest BCUT2D eigenvalue weighted by Gasteiger charge is -2.21. The minimum absolute atomic E-state index is 0.0176. The minimum Gasteiger partial charge on any atom is -0.493 e. The van der Waals surface area contributed by atoms with Crippen molar-refractivity contribution in [2.24, 2.45) is 0 Å². The fourth-order valence-electron chi connectivity index (χ4n) is 3.54. The molecule has 7 heteroatoms. The van der Waals surface area contributed by atoms with Crippen LogP contribution in [0.5, 0.6) is 11.5 Å². The van der Waals surface area contributed by atoms with E-state index >= 15 is 0 Å². The van der Waals surface area contributed by atoms with Crippen LogP contribution in [0.15, 0.2) is 18.2 Å². The van der Waals surface area contributed by atoms with Gasteiger partial charge in [-0.05, 0) is 51.0 Å². The maximum absolute atomic E-state index is 13.1. The highest BCUT2D eigenvalue weighted by atomic mass is 16.5. The Morgan fingerprint density at radius 2 is 1.80 bits per heavy atom. The van der Waals surface area contributed by atoms with Crippen molar-refractivity contribution in [1.29, 1.82) is 0 Å². The summed E-state index contributed by atoms with van der Waals surface area (Å²) in [6.07, 6.45) is 0.792. The van der Waals surface area contributed by atoms with Gasteiger partial charge in [0, 0.05) is 12.1 Å². The summed E-state index contributed by atoms with van der Waals surface area (Å²) in [5.74, 6) is 0.974. The van der Waals surface area contributed by atoms with Gasteiger partial charge in [-0.1, -0.05) is 6.07 Å². The van der Waals surface area contributed by atoms with Gasteiger partial charge in [0.15, 0.2) is 11.5 Å². The fourth-order valence-corrected chi connectivity index (χ4v) is 3.54. The van der Waals surface area contributed by atoms with E-state index in [-0.39, 0.29) is 11.8 Å². The molecule has 0 aliphatic carbocycles. The zero-order valence-corrected chi connectivity index (χ0v) is 19.0. The van der Waals surface area contributed by atoms with Gasteiger partial charge in [-0.3, -0.25) is 4.79 Å². The highest BCUT2D eigenvalue weighted by Crippen LogP contribution is 2.27. The van der Waals surface area contributed by atoms with Gasteiger partial charge < -0.3 is 24.1 Å². The second-order valence-electron chi connectivity index (χ2n) is 7.47. The van der Waals surface area contributed by atoms with Gasteiger partial charge in [0.05, 0.1) is 45.7 Å². The third-order valence-electron chi connectivity index (χ3n) is 5.55. The Hall–Kier alpha value is -2.80. The summed E-state index contributed by atoms with van der Waals surface area (Å²) in [5.41, 5.74) is 3.35. The number of benzene rings is 1. The van der Waals surface area contributed by atoms with E-state index in [0.717, 1.165) is 23.4 Å². The Kier molecular flexibility index (Phi) is 8.06. The van der Waals surface area contributed by atoms with Crippen LogP contribution in [0.2, 0.25) is 0 Å². The first-order valence-electron chi connectivity index (χ1n) is 10.2. The molecule has 0 saturated heterocycles. The fraction of sp³-hybridized carbons (Fsp3) is 0.478. The highest BCUT2D eigenvalue weighted by Gasteiger charge is 2.29. The number of H-pyrrole nitrogens is 1. The molecule has 0 bridgehead atoms. The number of carbonyl (C=O) groups is 2. The second kappa shape index (κ2) is 10.3. The summed E-state index contributed by atoms with van der Waals surface area (Å²) in [5, 5.41) is 0. The predicted octanol–water partition coefficient (Wildman–Crippen LogP) is 2.15. The predicted molar refractivity (Wildman–Crippen MR) is 115 cm³/mol. The van der Waals surface area contributed by atoms with Gasteiger partial charge in [-0.15, -0.1) is 0 Å². The van der Waals surface area contributed by atoms with Gasteiger partial charge in [-0.2, -0.15) is 0 Å². The third-order valence-corrected chi connectivity index (χ3v) is 5.55. The number of carbonyl (C=O) groups excluding carboxylic acids is 2. The summed E-state index contributed by atoms with van der Waals surface area (Å²) in [7, 11) is 5.23. The van der Waals surface area contributed by atoms with Crippen LogP contribution in [0.3, 0.4) is 0 Å². The smallest absolute Gasteiger partial charge is 0.340 e. The Morgan fingerprint density at radius 1 is 1.13 bits per heavy atom. The molecular weight excluding hydrogens is 384 g/mol. The number of quaternary nitrogens is 1. The molecule has 2 N–H and O–H groups in total. The van der Waals surface area contributed by atoms with Crippen LogP contribution < -0.4 is 14.4 Å². The number of aromatic amines is 1. The third kappa shape index (κ3) is 5.02. The van der Waals surface area contributed by atoms with Crippen LogP contribution in [-0.2, 0) is 11.2 Å². The van der Waals surface area contributed by atoms with Crippen molar-refractivity contribution in [3.63, 3.8) is 0 Å². The molecule has 0 fully saturated rings. The molecule has 0 spiro atoms. The monoisotopic (exact) mass is 417 g/mol. The molecule has 0 saturated carbocycles. The molecule has 1 unspecified atom stereocenters. The van der Waals surface area contributed by atoms with Crippen LogP contribution in [0, 0.1) is 13.8 Å². The van der Waals surface area contributed by atoms with Crippen LogP contribution in [0.25, 0.3) is 0 Å². The van der Waals surface area contributed by atoms with Gasteiger partial charge in [0.25, 0.3) is 0 Å². The molecular formula is C23H33N2O5+. The average Bonchev–Trinajstić information content (AvgIpc) is 3.04. The molecule has 2 aromatic rings. The van der Waals surface area contributed by atoms with E-state index in [1.54, 1.807) is 35.0 Å². The topological polar surface area (TPSA) is 82.1 Å². The van der Waals surface area contributed by atoms with Crippen molar-refractivity contribution in [3.05, 3.63) is 46.3 Å². The van der Waals surface area contributed by atoms with Crippen molar-refractivity contribution in [2.75, 3.05) is 34.4 Å². The molecule has 2 rings (SSSR count). The number of Topliss-reactive ketones (excluding diaryl/α,β-unsaturated/α-hetero) is 1. The molecule has 0 radical (unpaired) electrons. The summed E-state index contributed by atoms with van der Waals surface area (Å²) in [6.45, 7) is 8.31. The SMILES string of the molecule is CCOC(=O)c1c(C)[nH]c(C(=O)[C@@H](C)[NH+](C)CCc2ccc(OC)c(OC)c2)c1C. The lowest BCUT2D eigenvalue weighted by atomic mass is 10.0. The average molecular weight is 418 g/mol. The zero-order chi connectivity index (χ0) is 22.4. The van der Waals surface area contributed by atoms with Crippen molar-refractivity contribution >= 4 is 11.8 Å². The molecule has 0 aliphatic rings. The zero-order valence-electron chi connectivity index (χ0n) is 19.0. The second-order valence-corrected chi connectivity index (χ2v) is 7.47. The van der Waals surface area contributed by atoms with Crippen molar-refractivity contribution in [2.45, 2.75) is 40.2 Å². The molecule has 1 aromatic heterocycles. The van der Waals surface area contributed by atoms with Crippen LogP contribution in [-0.4, -0.2) is 57.2 Å². The first kappa shape index (κ1) is 23.5. The normalized spacial score (nSPS) is 12.9. The quantitative estimate of drug-likeness (QED) is 0.457. The summed E-state index contributed by atoms with van der Waals surface area (Å²) in [6, 6.07) is 5.59. The number of methoxy groups -OCH3 is 2. The standard InChI is InChI=1S/C23H32N2O5/c1-8-30-23(27)20-14(2)21(24-15(20)3)22(26)16(4)25(5)12-11-17-9-10-18(28-6)19(13-17)29-7/h9-10,13,16,24H,8,11-12H2,1-7H3/p+1/t16-/m1/s1. The van der Waals surface area contributed by atoms with Crippen LogP contribution in [0.1, 0.15) is 51.5 Å². The molecule has 30 heavy (non-hydrogen) atoms. The maximum Gasteiger partial charge on any atom is 0.340 e. The van der Waals surface area contributed by atoms with Gasteiger partial charge in [0.2, 0.25) is 5.78 Å². The van der Waals surface area contributed by atoms with Crippen LogP contribution in [0.4, 0.5) is 0 Å². The molecule has 1 aromatic carbocycles. The summed E-state index contributed by atoms with van der Waals surface area (Å²) < 4.78 is 15.8. The maximum atomic E-state index is 13.1. The first-order chi connectivity index (χ1) is 14.2. The highest BCUT2D eigenvalue weighted by molar-refractivity contribution is 6.03. The molecule has 0 amide bonds. The molecule has 1 heterocycles. The first-order valence-corrected chi connectivity index (χ1v) is 10.2. The van der Waals surface area contributed by atoms with Gasteiger partial charge in [0.1, 0.15) is 6.04 Å². The number of ether oxygens (including phenoxy) is 3. The number of esters is 1. The van der Waals surface area contributed by atoms with Gasteiger partial charge >= 0.3 is 5.97 Å². The van der Waals surface area contributed by atoms with E-state index in [1.807, 2.05) is 32.2 Å². The number of nitrogens with one attached hydrogen (secondary N) is 2. The van der Waals surface area contributed by atoms with E-state index < -0.39 is 5.97 Å². The summed E-state index contributed by atoms with van der Waals surface area (Å²) in [4.78, 5) is 29.5. The molecule has 0 aliphatic heterocycles. The van der Waals surface area contributed by atoms with E-state index in [1.165, 1.54) is 0 Å². The Labute approximate surface area is 178 Å². The van der Waals surface area contributed by atoms with Crippen molar-refractivity contribution in [3.8, 4) is 11.5 Å². The Bertz CT molecular complexity index is 903. The number of hydrogen-bond donors (Lipinski definition) is 2. The number of rotatable bonds is 10. The summed E-state index contributed by atoms with van der Waals surface area (Å²) >= 11 is 0. The lowest BCUT2D eigenvalue weighted by molar-refractivity contribution is -0.893.